The lowest BCUT2D eigenvalue weighted by Gasteiger charge is -1.85. The zero-order valence-electron chi connectivity index (χ0n) is 25.8. The Morgan fingerprint density at radius 2 is 0.844 bits per heavy atom. The molecule has 194 valence electrons. The molecular formula is C32H66. The highest BCUT2D eigenvalue weighted by atomic mass is 13.8. The maximum atomic E-state index is 3.67. The van der Waals surface area contributed by atoms with E-state index in [9.17, 15) is 0 Å². The van der Waals surface area contributed by atoms with E-state index in [1.807, 2.05) is 47.6 Å². The summed E-state index contributed by atoms with van der Waals surface area (Å²) < 4.78 is 0. The van der Waals surface area contributed by atoms with Gasteiger partial charge in [-0.15, -0.1) is 26.3 Å². The van der Waals surface area contributed by atoms with Crippen molar-refractivity contribution in [2.75, 3.05) is 0 Å². The summed E-state index contributed by atoms with van der Waals surface area (Å²) in [5, 5.41) is 0. The van der Waals surface area contributed by atoms with Crippen molar-refractivity contribution in [1.82, 2.24) is 0 Å². The van der Waals surface area contributed by atoms with E-state index in [1.165, 1.54) is 34.3 Å². The lowest BCUT2D eigenvalue weighted by atomic mass is 10.2. The van der Waals surface area contributed by atoms with Gasteiger partial charge in [-0.3, -0.25) is 0 Å². The van der Waals surface area contributed by atoms with Crippen LogP contribution in [0.15, 0.2) is 72.4 Å². The smallest absolute Gasteiger partial charge is 0.0352 e. The average molecular weight is 451 g/mol. The SMILES string of the molecule is C=C(C)C.C=C(C)C.C=C(C)CC.C=CCC.CC(C)C.CC=C(C)C.CC=C(C)CC. The van der Waals surface area contributed by atoms with Crippen molar-refractivity contribution in [2.45, 2.75) is 130 Å². The van der Waals surface area contributed by atoms with Crippen LogP contribution in [0.3, 0.4) is 0 Å². The topological polar surface area (TPSA) is 0 Å². The number of rotatable bonds is 3. The van der Waals surface area contributed by atoms with Crippen molar-refractivity contribution in [3.05, 3.63) is 72.4 Å². The predicted molar refractivity (Wildman–Crippen MR) is 162 cm³/mol. The van der Waals surface area contributed by atoms with Crippen molar-refractivity contribution in [3.8, 4) is 0 Å². The monoisotopic (exact) mass is 451 g/mol. The zero-order chi connectivity index (χ0) is 27.7. The van der Waals surface area contributed by atoms with Crippen LogP contribution in [-0.4, -0.2) is 0 Å². The van der Waals surface area contributed by atoms with Crippen molar-refractivity contribution < 1.29 is 0 Å². The number of hydrogen-bond donors (Lipinski definition) is 0. The fourth-order valence-corrected chi connectivity index (χ4v) is 0.204. The molecule has 32 heavy (non-hydrogen) atoms. The lowest BCUT2D eigenvalue weighted by Crippen LogP contribution is -1.66. The van der Waals surface area contributed by atoms with Gasteiger partial charge in [0.2, 0.25) is 0 Å². The van der Waals surface area contributed by atoms with E-state index in [2.05, 4.69) is 108 Å². The molecule has 0 aliphatic rings. The summed E-state index contributed by atoms with van der Waals surface area (Å²) in [6, 6.07) is 0. The molecule has 0 bridgehead atoms. The van der Waals surface area contributed by atoms with Gasteiger partial charge in [-0.1, -0.05) is 87.6 Å². The van der Waals surface area contributed by atoms with Gasteiger partial charge < -0.3 is 0 Å². The van der Waals surface area contributed by atoms with Crippen LogP contribution in [0.2, 0.25) is 0 Å². The first-order valence-electron chi connectivity index (χ1n) is 12.2. The Morgan fingerprint density at radius 3 is 0.844 bits per heavy atom. The first-order chi connectivity index (χ1) is 14.5. The molecule has 0 saturated heterocycles. The van der Waals surface area contributed by atoms with Gasteiger partial charge in [0.15, 0.2) is 0 Å². The molecule has 0 unspecified atom stereocenters. The average Bonchev–Trinajstić information content (AvgIpc) is 2.67. The van der Waals surface area contributed by atoms with Gasteiger partial charge in [0.05, 0.1) is 0 Å². The van der Waals surface area contributed by atoms with E-state index in [0.717, 1.165) is 18.8 Å². The van der Waals surface area contributed by atoms with Crippen LogP contribution in [0.25, 0.3) is 0 Å². The van der Waals surface area contributed by atoms with Crippen LogP contribution >= 0.6 is 0 Å². The van der Waals surface area contributed by atoms with Crippen molar-refractivity contribution in [2.24, 2.45) is 5.92 Å². The minimum Gasteiger partial charge on any atom is -0.103 e. The van der Waals surface area contributed by atoms with Gasteiger partial charge >= 0.3 is 0 Å². The molecule has 0 amide bonds. The molecule has 0 aliphatic carbocycles. The summed E-state index contributed by atoms with van der Waals surface area (Å²) in [4.78, 5) is 0. The molecule has 0 nitrogen and oxygen atoms in total. The van der Waals surface area contributed by atoms with E-state index >= 15 is 0 Å². The second kappa shape index (κ2) is 47.3. The standard InChI is InChI=1S/C6H12.2C5H10.C4H10.3C4H8/c1-4-6(3)5-2;2*1-4-5(2)3;3*1-4(2)3;1-3-4-2/h4H,5H2,1-3H3;4H,1-3H3;2,4H2,1,3H3;4H,1-3H3;2*1H2,2-3H3;3H,1,4H2,2H3. The second-order valence-electron chi connectivity index (χ2n) is 9.01. The lowest BCUT2D eigenvalue weighted by molar-refractivity contribution is 0.737. The van der Waals surface area contributed by atoms with Gasteiger partial charge in [-0.05, 0) is 94.4 Å². The van der Waals surface area contributed by atoms with Crippen molar-refractivity contribution in [3.63, 3.8) is 0 Å². The fraction of sp³-hybridized carbons (Fsp3) is 0.625. The van der Waals surface area contributed by atoms with Gasteiger partial charge in [-0.25, -0.2) is 0 Å². The van der Waals surface area contributed by atoms with E-state index in [-0.39, 0.29) is 0 Å². The maximum Gasteiger partial charge on any atom is -0.0352 e. The van der Waals surface area contributed by atoms with Crippen molar-refractivity contribution in [1.29, 1.82) is 0 Å². The summed E-state index contributed by atoms with van der Waals surface area (Å²) in [7, 11) is 0. The molecule has 0 aromatic heterocycles. The minimum atomic E-state index is 0.833. The van der Waals surface area contributed by atoms with E-state index < -0.39 is 0 Å². The second-order valence-corrected chi connectivity index (χ2v) is 9.01. The molecule has 0 spiro atoms. The first-order valence-corrected chi connectivity index (χ1v) is 12.2. The van der Waals surface area contributed by atoms with E-state index in [0.29, 0.717) is 0 Å². The van der Waals surface area contributed by atoms with Crippen LogP contribution in [0.1, 0.15) is 130 Å². The minimum absolute atomic E-state index is 0.833. The Kier molecular flexibility index (Phi) is 71.0. The van der Waals surface area contributed by atoms with Crippen molar-refractivity contribution >= 4 is 0 Å². The zero-order valence-corrected chi connectivity index (χ0v) is 25.8. The molecule has 0 fully saturated rings. The Hall–Kier alpha value is -1.56. The Labute approximate surface area is 208 Å². The Balaban J connectivity index is -0.0000000459. The third-order valence-electron chi connectivity index (χ3n) is 2.52. The van der Waals surface area contributed by atoms with Crippen LogP contribution < -0.4 is 0 Å². The van der Waals surface area contributed by atoms with Crippen LogP contribution in [0.4, 0.5) is 0 Å². The summed E-state index contributed by atoms with van der Waals surface area (Å²) >= 11 is 0. The first kappa shape index (κ1) is 48.0. The molecule has 0 N–H and O–H groups in total. The number of hydrogen-bond acceptors (Lipinski definition) is 0. The van der Waals surface area contributed by atoms with Crippen LogP contribution in [-0.2, 0) is 0 Å². The van der Waals surface area contributed by atoms with Gasteiger partial charge in [-0.2, -0.15) is 0 Å². The highest BCUT2D eigenvalue weighted by Gasteiger charge is 1.73. The largest absolute Gasteiger partial charge is 0.103 e. The summed E-state index contributed by atoms with van der Waals surface area (Å²) in [6.45, 7) is 47.4. The molecule has 0 heteroatoms. The third-order valence-corrected chi connectivity index (χ3v) is 2.52. The normalized spacial score (nSPS) is 8.09. The predicted octanol–water partition coefficient (Wildman–Crippen LogP) is 12.7. The van der Waals surface area contributed by atoms with Crippen LogP contribution in [0, 0.1) is 5.92 Å². The molecule has 0 saturated carbocycles. The summed E-state index contributed by atoms with van der Waals surface area (Å²) in [5.41, 5.74) is 6.44. The Morgan fingerprint density at radius 1 is 0.656 bits per heavy atom. The van der Waals surface area contributed by atoms with Crippen LogP contribution in [0.5, 0.6) is 0 Å². The third kappa shape index (κ3) is 387. The fourth-order valence-electron chi connectivity index (χ4n) is 0.204. The summed E-state index contributed by atoms with van der Waals surface area (Å²) in [5.74, 6) is 0.833. The molecule has 0 heterocycles. The van der Waals surface area contributed by atoms with E-state index in [1.54, 1.807) is 0 Å². The summed E-state index contributed by atoms with van der Waals surface area (Å²) in [6.07, 6.45) is 9.48. The molecule has 0 rings (SSSR count). The molecule has 0 aromatic rings. The Bertz CT molecular complexity index is 412. The maximum absolute atomic E-state index is 3.67. The van der Waals surface area contributed by atoms with Gasteiger partial charge in [0, 0.05) is 0 Å². The molecule has 0 atom stereocenters. The van der Waals surface area contributed by atoms with Gasteiger partial charge in [0.1, 0.15) is 0 Å². The molecule has 0 aliphatic heterocycles. The quantitative estimate of drug-likeness (QED) is 0.375. The van der Waals surface area contributed by atoms with Gasteiger partial charge in [0.25, 0.3) is 0 Å². The molecule has 0 radical (unpaired) electrons. The number of allylic oxidation sites excluding steroid dienone is 8. The highest BCUT2D eigenvalue weighted by molar-refractivity contribution is 4.93. The molecule has 0 aromatic carbocycles. The highest BCUT2D eigenvalue weighted by Crippen LogP contribution is 1.94. The van der Waals surface area contributed by atoms with E-state index in [4.69, 9.17) is 0 Å². The molecular weight excluding hydrogens is 384 g/mol.